The van der Waals surface area contributed by atoms with Crippen molar-refractivity contribution in [1.29, 1.82) is 0 Å². The first-order chi connectivity index (χ1) is 13.7. The summed E-state index contributed by atoms with van der Waals surface area (Å²) in [6.07, 6.45) is 0.656. The molecule has 1 amide bonds. The van der Waals surface area contributed by atoms with Crippen molar-refractivity contribution in [3.63, 3.8) is 0 Å². The van der Waals surface area contributed by atoms with Gasteiger partial charge in [-0.2, -0.15) is 4.31 Å². The number of carboxylic acid groups (broad SMARTS) is 1. The van der Waals surface area contributed by atoms with Crippen LogP contribution in [0.2, 0.25) is 0 Å². The molecule has 0 spiro atoms. The molecule has 1 aliphatic carbocycles. The molecule has 1 saturated heterocycles. The minimum Gasteiger partial charge on any atom is -0.550 e. The number of aliphatic carboxylic acids is 1. The lowest BCUT2D eigenvalue weighted by Crippen LogP contribution is -2.42. The minimum absolute atomic E-state index is 0.136. The van der Waals surface area contributed by atoms with Crippen LogP contribution in [0.1, 0.15) is 26.7 Å². The Morgan fingerprint density at radius 2 is 1.59 bits per heavy atom. The molecule has 1 heterocycles. The van der Waals surface area contributed by atoms with E-state index in [4.69, 9.17) is 4.74 Å². The number of carbonyl (C=O) groups is 2. The lowest BCUT2D eigenvalue weighted by Gasteiger charge is -2.32. The molecule has 0 aromatic heterocycles. The molecule has 2 aliphatic rings. The minimum atomic E-state index is -3.61. The summed E-state index contributed by atoms with van der Waals surface area (Å²) < 4.78 is 31.9. The number of hydrogen-bond donors (Lipinski definition) is 1. The lowest BCUT2D eigenvalue weighted by molar-refractivity contribution is -0.313. The standard InChI is InChI=1S/C20H26N2O6S/c1-13-11-17(18(20(24)25)12-14(13)2)19(23)21-15-3-5-16(6-4-15)29(26,27)22-7-9-28-10-8-22/h3-6,17-18H,7-12H2,1-2H3,(H,21,23)(H,24,25)/p-1/t17-,18-/m0/s1. The van der Waals surface area contributed by atoms with Crippen molar-refractivity contribution in [2.24, 2.45) is 11.8 Å². The SMILES string of the molecule is CC1=C(C)C[C@H](C(=O)Nc2ccc(S(=O)(=O)N3CCOCC3)cc2)[C@@H](C(=O)[O-])C1. The van der Waals surface area contributed by atoms with E-state index in [1.807, 2.05) is 13.8 Å². The maximum atomic E-state index is 12.7. The number of allylic oxidation sites excluding steroid dienone is 2. The van der Waals surface area contributed by atoms with E-state index in [1.54, 1.807) is 0 Å². The maximum Gasteiger partial charge on any atom is 0.243 e. The van der Waals surface area contributed by atoms with E-state index in [0.29, 0.717) is 44.8 Å². The number of amides is 1. The van der Waals surface area contributed by atoms with Crippen LogP contribution < -0.4 is 10.4 Å². The Morgan fingerprint density at radius 3 is 2.14 bits per heavy atom. The Bertz CT molecular complexity index is 917. The molecule has 1 aromatic carbocycles. The van der Waals surface area contributed by atoms with Crippen LogP contribution in [0.5, 0.6) is 0 Å². The van der Waals surface area contributed by atoms with E-state index in [9.17, 15) is 23.1 Å². The van der Waals surface area contributed by atoms with E-state index in [-0.39, 0.29) is 4.90 Å². The zero-order valence-electron chi connectivity index (χ0n) is 16.5. The fraction of sp³-hybridized carbons (Fsp3) is 0.500. The predicted octanol–water partition coefficient (Wildman–Crippen LogP) is 0.759. The molecule has 0 bridgehead atoms. The Hall–Kier alpha value is -2.23. The number of hydrogen-bond acceptors (Lipinski definition) is 6. The van der Waals surface area contributed by atoms with Crippen LogP contribution in [0.15, 0.2) is 40.3 Å². The van der Waals surface area contributed by atoms with Crippen LogP contribution in [-0.4, -0.2) is 50.9 Å². The zero-order valence-corrected chi connectivity index (χ0v) is 17.3. The molecule has 0 radical (unpaired) electrons. The summed E-state index contributed by atoms with van der Waals surface area (Å²) in [5.74, 6) is -3.24. The maximum absolute atomic E-state index is 12.7. The quantitative estimate of drug-likeness (QED) is 0.702. The number of rotatable bonds is 5. The first kappa shape index (κ1) is 21.5. The molecule has 29 heavy (non-hydrogen) atoms. The molecule has 0 saturated carbocycles. The molecule has 1 fully saturated rings. The van der Waals surface area contributed by atoms with E-state index >= 15 is 0 Å². The van der Waals surface area contributed by atoms with Crippen LogP contribution in [0.25, 0.3) is 0 Å². The largest absolute Gasteiger partial charge is 0.550 e. The van der Waals surface area contributed by atoms with E-state index in [2.05, 4.69) is 5.32 Å². The molecule has 8 nitrogen and oxygen atoms in total. The number of ether oxygens (including phenoxy) is 1. The van der Waals surface area contributed by atoms with E-state index < -0.39 is 33.7 Å². The van der Waals surface area contributed by atoms with Gasteiger partial charge >= 0.3 is 0 Å². The highest BCUT2D eigenvalue weighted by atomic mass is 32.2. The van der Waals surface area contributed by atoms with Crippen LogP contribution in [0, 0.1) is 11.8 Å². The van der Waals surface area contributed by atoms with Gasteiger partial charge in [-0.15, -0.1) is 0 Å². The van der Waals surface area contributed by atoms with Gasteiger partial charge < -0.3 is 20.0 Å². The second kappa shape index (κ2) is 8.64. The molecular formula is C20H25N2O6S-. The van der Waals surface area contributed by atoms with E-state index in [1.165, 1.54) is 28.6 Å². The molecule has 0 unspecified atom stereocenters. The summed E-state index contributed by atoms with van der Waals surface area (Å²) in [5.41, 5.74) is 2.40. The average Bonchev–Trinajstić information content (AvgIpc) is 2.70. The Labute approximate surface area is 170 Å². The fourth-order valence-corrected chi connectivity index (χ4v) is 5.10. The van der Waals surface area contributed by atoms with Gasteiger partial charge in [-0.05, 0) is 51.0 Å². The number of carboxylic acids is 1. The van der Waals surface area contributed by atoms with Crippen LogP contribution >= 0.6 is 0 Å². The summed E-state index contributed by atoms with van der Waals surface area (Å²) in [6.45, 7) is 5.10. The monoisotopic (exact) mass is 421 g/mol. The van der Waals surface area contributed by atoms with Gasteiger partial charge in [0.2, 0.25) is 15.9 Å². The molecule has 3 rings (SSSR count). The third-order valence-corrected chi connectivity index (χ3v) is 7.55. The third-order valence-electron chi connectivity index (χ3n) is 5.64. The van der Waals surface area contributed by atoms with Crippen LogP contribution in [0.3, 0.4) is 0 Å². The van der Waals surface area contributed by atoms with Crippen molar-refractivity contribution >= 4 is 27.6 Å². The number of sulfonamides is 1. The molecular weight excluding hydrogens is 396 g/mol. The molecule has 1 aliphatic heterocycles. The van der Waals surface area contributed by atoms with Crippen molar-refractivity contribution in [3.05, 3.63) is 35.4 Å². The summed E-state index contributed by atoms with van der Waals surface area (Å²) in [5, 5.41) is 14.2. The molecule has 1 N–H and O–H groups in total. The summed E-state index contributed by atoms with van der Waals surface area (Å²) in [4.78, 5) is 24.3. The number of carbonyl (C=O) groups excluding carboxylic acids is 2. The molecule has 9 heteroatoms. The van der Waals surface area contributed by atoms with Crippen LogP contribution in [-0.2, 0) is 24.3 Å². The van der Waals surface area contributed by atoms with Crippen LogP contribution in [0.4, 0.5) is 5.69 Å². The topological polar surface area (TPSA) is 116 Å². The van der Waals surface area contributed by atoms with Gasteiger partial charge in [-0.3, -0.25) is 4.79 Å². The Balaban J connectivity index is 1.72. The second-order valence-corrected chi connectivity index (χ2v) is 9.47. The second-order valence-electron chi connectivity index (χ2n) is 7.53. The van der Waals surface area contributed by atoms with Crippen molar-refractivity contribution in [2.45, 2.75) is 31.6 Å². The van der Waals surface area contributed by atoms with Crippen molar-refractivity contribution < 1.29 is 27.9 Å². The van der Waals surface area contributed by atoms with Gasteiger partial charge in [0.05, 0.1) is 24.0 Å². The zero-order chi connectivity index (χ0) is 21.2. The predicted molar refractivity (Wildman–Crippen MR) is 104 cm³/mol. The summed E-state index contributed by atoms with van der Waals surface area (Å²) in [7, 11) is -3.61. The molecule has 2 atom stereocenters. The van der Waals surface area contributed by atoms with Gasteiger partial charge in [0.15, 0.2) is 0 Å². The molecule has 158 valence electrons. The van der Waals surface area contributed by atoms with Gasteiger partial charge in [0.25, 0.3) is 0 Å². The van der Waals surface area contributed by atoms with Gasteiger partial charge in [-0.1, -0.05) is 11.1 Å². The van der Waals surface area contributed by atoms with Crippen molar-refractivity contribution in [3.8, 4) is 0 Å². The number of morpholine rings is 1. The normalized spacial score (nSPS) is 23.7. The van der Waals surface area contributed by atoms with Gasteiger partial charge in [0.1, 0.15) is 0 Å². The fourth-order valence-electron chi connectivity index (χ4n) is 3.70. The summed E-state index contributed by atoms with van der Waals surface area (Å²) in [6, 6.07) is 5.89. The van der Waals surface area contributed by atoms with Crippen molar-refractivity contribution in [1.82, 2.24) is 4.31 Å². The number of benzene rings is 1. The molecule has 1 aromatic rings. The highest BCUT2D eigenvalue weighted by Gasteiger charge is 2.33. The number of nitrogens with one attached hydrogen (secondary N) is 1. The smallest absolute Gasteiger partial charge is 0.243 e. The van der Waals surface area contributed by atoms with E-state index in [0.717, 1.165) is 11.1 Å². The highest BCUT2D eigenvalue weighted by Crippen LogP contribution is 2.34. The number of nitrogens with zero attached hydrogens (tertiary/aromatic N) is 1. The summed E-state index contributed by atoms with van der Waals surface area (Å²) >= 11 is 0. The first-order valence-electron chi connectivity index (χ1n) is 9.55. The lowest BCUT2D eigenvalue weighted by atomic mass is 9.76. The third kappa shape index (κ3) is 4.68. The van der Waals surface area contributed by atoms with Crippen molar-refractivity contribution in [2.75, 3.05) is 31.6 Å². The average molecular weight is 421 g/mol. The van der Waals surface area contributed by atoms with Gasteiger partial charge in [-0.25, -0.2) is 8.42 Å². The van der Waals surface area contributed by atoms with Gasteiger partial charge in [0, 0.05) is 30.7 Å². The Morgan fingerprint density at radius 1 is 1.03 bits per heavy atom. The Kier molecular flexibility index (Phi) is 6.40. The first-order valence-corrected chi connectivity index (χ1v) is 11.0. The number of anilines is 1. The highest BCUT2D eigenvalue weighted by molar-refractivity contribution is 7.89.